The van der Waals surface area contributed by atoms with Crippen LogP contribution in [-0.2, 0) is 4.79 Å². The van der Waals surface area contributed by atoms with Gasteiger partial charge >= 0.3 is 0 Å². The van der Waals surface area contributed by atoms with Crippen molar-refractivity contribution in [2.75, 3.05) is 19.6 Å². The highest BCUT2D eigenvalue weighted by Crippen LogP contribution is 2.54. The molecule has 1 aliphatic heterocycles. The van der Waals surface area contributed by atoms with E-state index >= 15 is 0 Å². The third-order valence-corrected chi connectivity index (χ3v) is 5.20. The first-order valence-corrected chi connectivity index (χ1v) is 7.76. The van der Waals surface area contributed by atoms with Gasteiger partial charge in [-0.1, -0.05) is 6.42 Å². The molecule has 1 amide bonds. The van der Waals surface area contributed by atoms with Crippen LogP contribution in [0.25, 0.3) is 0 Å². The molecule has 3 fully saturated rings. The zero-order valence-electron chi connectivity index (χ0n) is 11.5. The predicted octanol–water partition coefficient (Wildman–Crippen LogP) is 2.02. The van der Waals surface area contributed by atoms with Crippen molar-refractivity contribution in [1.82, 2.24) is 10.2 Å². The Bertz CT molecular complexity index is 302. The van der Waals surface area contributed by atoms with E-state index in [4.69, 9.17) is 0 Å². The van der Waals surface area contributed by atoms with Crippen molar-refractivity contribution in [3.8, 4) is 0 Å². The SMILES string of the molecule is CC(CNC(=O)C1CC2CC2C1)N1CCCCC1. The summed E-state index contributed by atoms with van der Waals surface area (Å²) in [5, 5.41) is 3.18. The minimum atomic E-state index is 0.325. The van der Waals surface area contributed by atoms with E-state index in [1.807, 2.05) is 0 Å². The molecule has 1 heterocycles. The van der Waals surface area contributed by atoms with Crippen molar-refractivity contribution < 1.29 is 4.79 Å². The molecule has 0 radical (unpaired) electrons. The lowest BCUT2D eigenvalue weighted by molar-refractivity contribution is -0.125. The highest BCUT2D eigenvalue weighted by Gasteiger charge is 2.47. The highest BCUT2D eigenvalue weighted by atomic mass is 16.1. The van der Waals surface area contributed by atoms with Crippen LogP contribution in [0.5, 0.6) is 0 Å². The summed E-state index contributed by atoms with van der Waals surface area (Å²) in [6.07, 6.45) is 7.74. The van der Waals surface area contributed by atoms with Gasteiger partial charge in [0.25, 0.3) is 0 Å². The number of amides is 1. The smallest absolute Gasteiger partial charge is 0.223 e. The monoisotopic (exact) mass is 250 g/mol. The van der Waals surface area contributed by atoms with Gasteiger partial charge in [0, 0.05) is 18.5 Å². The Morgan fingerprint density at radius 3 is 2.50 bits per heavy atom. The van der Waals surface area contributed by atoms with E-state index in [1.165, 1.54) is 38.8 Å². The predicted molar refractivity (Wildman–Crippen MR) is 72.2 cm³/mol. The summed E-state index contributed by atoms with van der Waals surface area (Å²) in [5.74, 6) is 2.47. The molecule has 0 spiro atoms. The van der Waals surface area contributed by atoms with Crippen LogP contribution in [0.4, 0.5) is 0 Å². The first-order valence-electron chi connectivity index (χ1n) is 7.76. The van der Waals surface area contributed by atoms with Gasteiger partial charge in [-0.25, -0.2) is 0 Å². The number of nitrogens with one attached hydrogen (secondary N) is 1. The fraction of sp³-hybridized carbons (Fsp3) is 0.933. The van der Waals surface area contributed by atoms with Gasteiger partial charge in [0.15, 0.2) is 0 Å². The molecule has 0 bridgehead atoms. The lowest BCUT2D eigenvalue weighted by Gasteiger charge is -2.32. The maximum atomic E-state index is 12.1. The molecular weight excluding hydrogens is 224 g/mol. The van der Waals surface area contributed by atoms with Crippen LogP contribution in [0.1, 0.15) is 45.4 Å². The lowest BCUT2D eigenvalue weighted by Crippen LogP contribution is -2.45. The highest BCUT2D eigenvalue weighted by molar-refractivity contribution is 5.79. The molecule has 102 valence electrons. The molecule has 3 heteroatoms. The topological polar surface area (TPSA) is 32.3 Å². The Hall–Kier alpha value is -0.570. The third kappa shape index (κ3) is 2.71. The second kappa shape index (κ2) is 5.20. The van der Waals surface area contributed by atoms with Crippen molar-refractivity contribution >= 4 is 5.91 Å². The van der Waals surface area contributed by atoms with E-state index in [0.717, 1.165) is 31.2 Å². The Balaban J connectivity index is 1.38. The molecule has 3 rings (SSSR count). The molecule has 3 nitrogen and oxygen atoms in total. The average molecular weight is 250 g/mol. The van der Waals surface area contributed by atoms with Crippen LogP contribution < -0.4 is 5.32 Å². The van der Waals surface area contributed by atoms with Crippen LogP contribution >= 0.6 is 0 Å². The van der Waals surface area contributed by atoms with Gasteiger partial charge in [-0.15, -0.1) is 0 Å². The fourth-order valence-electron chi connectivity index (χ4n) is 3.81. The lowest BCUT2D eigenvalue weighted by atomic mass is 10.0. The molecule has 3 aliphatic rings. The van der Waals surface area contributed by atoms with Crippen LogP contribution in [-0.4, -0.2) is 36.5 Å². The van der Waals surface area contributed by atoms with Crippen molar-refractivity contribution in [3.63, 3.8) is 0 Å². The maximum absolute atomic E-state index is 12.1. The molecule has 2 saturated carbocycles. The second-order valence-corrected chi connectivity index (χ2v) is 6.61. The average Bonchev–Trinajstić information content (AvgIpc) is 3.03. The number of piperidine rings is 1. The summed E-state index contributed by atoms with van der Waals surface area (Å²) in [4.78, 5) is 14.6. The minimum Gasteiger partial charge on any atom is -0.354 e. The van der Waals surface area contributed by atoms with Gasteiger partial charge in [-0.2, -0.15) is 0 Å². The Labute approximate surface area is 110 Å². The molecule has 1 saturated heterocycles. The normalized spacial score (nSPS) is 37.1. The van der Waals surface area contributed by atoms with Crippen molar-refractivity contribution in [2.45, 2.75) is 51.5 Å². The Morgan fingerprint density at radius 1 is 1.17 bits per heavy atom. The Morgan fingerprint density at radius 2 is 1.83 bits per heavy atom. The van der Waals surface area contributed by atoms with E-state index in [9.17, 15) is 4.79 Å². The van der Waals surface area contributed by atoms with Gasteiger partial charge < -0.3 is 5.32 Å². The largest absolute Gasteiger partial charge is 0.354 e. The summed E-state index contributed by atoms with van der Waals surface area (Å²) >= 11 is 0. The first-order chi connectivity index (χ1) is 8.74. The summed E-state index contributed by atoms with van der Waals surface area (Å²) in [6.45, 7) is 5.51. The van der Waals surface area contributed by atoms with E-state index in [-0.39, 0.29) is 0 Å². The number of fused-ring (bicyclic) bond motifs is 1. The van der Waals surface area contributed by atoms with Gasteiger partial charge in [0.1, 0.15) is 0 Å². The quantitative estimate of drug-likeness (QED) is 0.828. The molecule has 3 unspecified atom stereocenters. The zero-order chi connectivity index (χ0) is 12.5. The maximum Gasteiger partial charge on any atom is 0.223 e. The zero-order valence-corrected chi connectivity index (χ0v) is 11.5. The van der Waals surface area contributed by atoms with Crippen LogP contribution in [0.15, 0.2) is 0 Å². The molecule has 0 aromatic carbocycles. The van der Waals surface area contributed by atoms with Gasteiger partial charge in [0.05, 0.1) is 0 Å². The number of hydrogen-bond acceptors (Lipinski definition) is 2. The number of carbonyl (C=O) groups is 1. The molecule has 18 heavy (non-hydrogen) atoms. The number of hydrogen-bond donors (Lipinski definition) is 1. The Kier molecular flexibility index (Phi) is 3.60. The summed E-state index contributed by atoms with van der Waals surface area (Å²) in [6, 6.07) is 0.505. The van der Waals surface area contributed by atoms with Crippen molar-refractivity contribution in [1.29, 1.82) is 0 Å². The van der Waals surface area contributed by atoms with E-state index in [2.05, 4.69) is 17.1 Å². The third-order valence-electron chi connectivity index (χ3n) is 5.20. The molecule has 2 aliphatic carbocycles. The second-order valence-electron chi connectivity index (χ2n) is 6.61. The molecule has 1 N–H and O–H groups in total. The van der Waals surface area contributed by atoms with Gasteiger partial charge in [0.2, 0.25) is 5.91 Å². The molecule has 0 aromatic rings. The van der Waals surface area contributed by atoms with E-state index < -0.39 is 0 Å². The number of rotatable bonds is 4. The fourth-order valence-corrected chi connectivity index (χ4v) is 3.81. The van der Waals surface area contributed by atoms with E-state index in [0.29, 0.717) is 17.9 Å². The van der Waals surface area contributed by atoms with Crippen molar-refractivity contribution in [3.05, 3.63) is 0 Å². The summed E-state index contributed by atoms with van der Waals surface area (Å²) in [5.41, 5.74) is 0. The number of carbonyl (C=O) groups excluding carboxylic acids is 1. The molecule has 3 atom stereocenters. The molecular formula is C15H26N2O. The van der Waals surface area contributed by atoms with Crippen LogP contribution in [0.3, 0.4) is 0 Å². The number of likely N-dealkylation sites (tertiary alicyclic amines) is 1. The van der Waals surface area contributed by atoms with E-state index in [1.54, 1.807) is 0 Å². The summed E-state index contributed by atoms with van der Waals surface area (Å²) in [7, 11) is 0. The standard InChI is InChI=1S/C15H26N2O/c1-11(17-5-3-2-4-6-17)10-16-15(18)14-8-12-7-13(12)9-14/h11-14H,2-10H2,1H3,(H,16,18). The summed E-state index contributed by atoms with van der Waals surface area (Å²) < 4.78 is 0. The molecule has 0 aromatic heterocycles. The van der Waals surface area contributed by atoms with Gasteiger partial charge in [-0.05, 0) is 64.0 Å². The first kappa shape index (κ1) is 12.5. The minimum absolute atomic E-state index is 0.325. The number of nitrogens with zero attached hydrogens (tertiary/aromatic N) is 1. The van der Waals surface area contributed by atoms with Crippen LogP contribution in [0, 0.1) is 17.8 Å². The van der Waals surface area contributed by atoms with Gasteiger partial charge in [-0.3, -0.25) is 9.69 Å². The van der Waals surface area contributed by atoms with Crippen molar-refractivity contribution in [2.24, 2.45) is 17.8 Å². The van der Waals surface area contributed by atoms with Crippen LogP contribution in [0.2, 0.25) is 0 Å².